The van der Waals surface area contributed by atoms with Crippen LogP contribution in [0.2, 0.25) is 0 Å². The summed E-state index contributed by atoms with van der Waals surface area (Å²) >= 11 is 0. The van der Waals surface area contributed by atoms with Crippen molar-refractivity contribution in [3.8, 4) is 0 Å². The van der Waals surface area contributed by atoms with Crippen molar-refractivity contribution in [1.82, 2.24) is 4.90 Å². The third-order valence-corrected chi connectivity index (χ3v) is 4.20. The Morgan fingerprint density at radius 3 is 2.07 bits per heavy atom. The van der Waals surface area contributed by atoms with Gasteiger partial charge in [-0.2, -0.15) is 0 Å². The van der Waals surface area contributed by atoms with Gasteiger partial charge in [0, 0.05) is 6.54 Å². The summed E-state index contributed by atoms with van der Waals surface area (Å²) < 4.78 is 1.26. The molecule has 0 unspecified atom stereocenters. The lowest BCUT2D eigenvalue weighted by molar-refractivity contribution is -0.959. The second-order valence-corrected chi connectivity index (χ2v) is 6.14. The largest absolute Gasteiger partial charge is 0.306 e. The van der Waals surface area contributed by atoms with Crippen LogP contribution in [-0.2, 0) is 0 Å². The summed E-state index contributed by atoms with van der Waals surface area (Å²) in [5, 5.41) is 0. The van der Waals surface area contributed by atoms with Gasteiger partial charge in [0.1, 0.15) is 12.2 Å². The highest BCUT2D eigenvalue weighted by molar-refractivity contribution is 4.81. The molecule has 0 aromatic rings. The number of rotatable bonds is 4. The first-order chi connectivity index (χ1) is 6.87. The Labute approximate surface area is 95.8 Å². The van der Waals surface area contributed by atoms with Gasteiger partial charge in [0.05, 0.1) is 19.6 Å². The first-order valence-electron chi connectivity index (χ1n) is 6.45. The standard InChI is InChI=1S/C13H29N2/c1-7-15(8-2)11-14(9-12(3)4)10-13(15,5)6/h12H,7-11H2,1-6H3/q+1. The minimum absolute atomic E-state index is 0.429. The second kappa shape index (κ2) is 4.42. The van der Waals surface area contributed by atoms with Gasteiger partial charge in [-0.25, -0.2) is 0 Å². The van der Waals surface area contributed by atoms with E-state index in [9.17, 15) is 0 Å². The van der Waals surface area contributed by atoms with Gasteiger partial charge >= 0.3 is 0 Å². The molecule has 1 aliphatic rings. The Morgan fingerprint density at radius 2 is 1.73 bits per heavy atom. The lowest BCUT2D eigenvalue weighted by Gasteiger charge is -2.43. The molecule has 0 saturated carbocycles. The van der Waals surface area contributed by atoms with Crippen molar-refractivity contribution in [3.63, 3.8) is 0 Å². The monoisotopic (exact) mass is 213 g/mol. The summed E-state index contributed by atoms with van der Waals surface area (Å²) in [6.45, 7) is 20.5. The van der Waals surface area contributed by atoms with Gasteiger partial charge in [-0.15, -0.1) is 0 Å². The molecule has 0 aromatic heterocycles. The van der Waals surface area contributed by atoms with Crippen molar-refractivity contribution in [1.29, 1.82) is 0 Å². The molecule has 15 heavy (non-hydrogen) atoms. The molecule has 90 valence electrons. The van der Waals surface area contributed by atoms with Crippen molar-refractivity contribution in [2.75, 3.05) is 32.8 Å². The van der Waals surface area contributed by atoms with Crippen molar-refractivity contribution >= 4 is 0 Å². The predicted octanol–water partition coefficient (Wildman–Crippen LogP) is 2.55. The highest BCUT2D eigenvalue weighted by Crippen LogP contribution is 2.32. The van der Waals surface area contributed by atoms with E-state index >= 15 is 0 Å². The smallest absolute Gasteiger partial charge is 0.135 e. The summed E-state index contributed by atoms with van der Waals surface area (Å²) in [5.74, 6) is 0.787. The van der Waals surface area contributed by atoms with E-state index in [0.717, 1.165) is 5.92 Å². The molecule has 0 atom stereocenters. The molecule has 1 aliphatic heterocycles. The summed E-state index contributed by atoms with van der Waals surface area (Å²) in [5.41, 5.74) is 0.429. The molecule has 0 amide bonds. The minimum atomic E-state index is 0.429. The molecule has 1 rings (SSSR count). The Morgan fingerprint density at radius 1 is 1.20 bits per heavy atom. The molecule has 1 fully saturated rings. The van der Waals surface area contributed by atoms with E-state index in [2.05, 4.69) is 46.4 Å². The third-order valence-electron chi connectivity index (χ3n) is 4.20. The Balaban J connectivity index is 2.75. The zero-order valence-electron chi connectivity index (χ0n) is 11.5. The maximum Gasteiger partial charge on any atom is 0.135 e. The molecular weight excluding hydrogens is 184 g/mol. The molecule has 0 aromatic carbocycles. The van der Waals surface area contributed by atoms with Crippen LogP contribution in [0, 0.1) is 5.92 Å². The van der Waals surface area contributed by atoms with Crippen LogP contribution in [0.5, 0.6) is 0 Å². The van der Waals surface area contributed by atoms with E-state index < -0.39 is 0 Å². The SMILES string of the molecule is CC[N+]1(CC)CN(CC(C)C)CC1(C)C. The van der Waals surface area contributed by atoms with E-state index in [1.807, 2.05) is 0 Å². The van der Waals surface area contributed by atoms with Crippen LogP contribution < -0.4 is 0 Å². The average molecular weight is 213 g/mol. The van der Waals surface area contributed by atoms with Crippen LogP contribution in [0.25, 0.3) is 0 Å². The molecule has 0 spiro atoms. The molecule has 0 bridgehead atoms. The number of hydrogen-bond donors (Lipinski definition) is 0. The normalized spacial score (nSPS) is 25.0. The number of hydrogen-bond acceptors (Lipinski definition) is 1. The highest BCUT2D eigenvalue weighted by atomic mass is 15.5. The Bertz CT molecular complexity index is 205. The van der Waals surface area contributed by atoms with Crippen molar-refractivity contribution in [2.45, 2.75) is 47.1 Å². The fraction of sp³-hybridized carbons (Fsp3) is 1.00. The first kappa shape index (κ1) is 13.0. The summed E-state index contributed by atoms with van der Waals surface area (Å²) in [6.07, 6.45) is 0. The van der Waals surface area contributed by atoms with E-state index in [4.69, 9.17) is 0 Å². The lowest BCUT2D eigenvalue weighted by Crippen LogP contribution is -2.58. The first-order valence-corrected chi connectivity index (χ1v) is 6.45. The molecule has 2 nitrogen and oxygen atoms in total. The second-order valence-electron chi connectivity index (χ2n) is 6.14. The van der Waals surface area contributed by atoms with E-state index in [1.165, 1.54) is 37.3 Å². The zero-order valence-corrected chi connectivity index (χ0v) is 11.5. The highest BCUT2D eigenvalue weighted by Gasteiger charge is 2.49. The van der Waals surface area contributed by atoms with Crippen molar-refractivity contribution < 1.29 is 4.48 Å². The fourth-order valence-corrected chi connectivity index (χ4v) is 3.24. The van der Waals surface area contributed by atoms with Gasteiger partial charge in [-0.3, -0.25) is 4.90 Å². The number of quaternary nitrogens is 1. The van der Waals surface area contributed by atoms with Crippen molar-refractivity contribution in [2.24, 2.45) is 5.92 Å². The van der Waals surface area contributed by atoms with E-state index in [-0.39, 0.29) is 0 Å². The summed E-state index contributed by atoms with van der Waals surface area (Å²) in [4.78, 5) is 2.65. The van der Waals surface area contributed by atoms with Gasteiger partial charge in [0.25, 0.3) is 0 Å². The van der Waals surface area contributed by atoms with Gasteiger partial charge in [0.2, 0.25) is 0 Å². The van der Waals surface area contributed by atoms with Gasteiger partial charge in [-0.05, 0) is 33.6 Å². The van der Waals surface area contributed by atoms with Crippen LogP contribution in [0.15, 0.2) is 0 Å². The van der Waals surface area contributed by atoms with Crippen molar-refractivity contribution in [3.05, 3.63) is 0 Å². The summed E-state index contributed by atoms with van der Waals surface area (Å²) in [6, 6.07) is 0. The number of likely N-dealkylation sites (N-methyl/N-ethyl adjacent to an activating group) is 1. The van der Waals surface area contributed by atoms with Gasteiger partial charge in [0.15, 0.2) is 0 Å². The van der Waals surface area contributed by atoms with E-state index in [0.29, 0.717) is 5.54 Å². The minimum Gasteiger partial charge on any atom is -0.306 e. The summed E-state index contributed by atoms with van der Waals surface area (Å²) in [7, 11) is 0. The average Bonchev–Trinajstić information content (AvgIpc) is 2.35. The van der Waals surface area contributed by atoms with E-state index in [1.54, 1.807) is 0 Å². The van der Waals surface area contributed by atoms with Crippen LogP contribution in [0.4, 0.5) is 0 Å². The quantitative estimate of drug-likeness (QED) is 0.649. The zero-order chi connectivity index (χ0) is 11.7. The maximum atomic E-state index is 2.65. The third kappa shape index (κ3) is 2.36. The molecular formula is C13H29N2+. The molecule has 1 saturated heterocycles. The van der Waals surface area contributed by atoms with Crippen LogP contribution >= 0.6 is 0 Å². The Hall–Kier alpha value is -0.0800. The van der Waals surface area contributed by atoms with Crippen LogP contribution in [0.1, 0.15) is 41.5 Å². The lowest BCUT2D eigenvalue weighted by atomic mass is 10.0. The molecule has 0 aliphatic carbocycles. The maximum absolute atomic E-state index is 2.65. The topological polar surface area (TPSA) is 3.24 Å². The molecule has 2 heteroatoms. The Kier molecular flexibility index (Phi) is 3.83. The fourth-order valence-electron chi connectivity index (χ4n) is 3.24. The number of nitrogens with zero attached hydrogens (tertiary/aromatic N) is 2. The van der Waals surface area contributed by atoms with Crippen LogP contribution in [0.3, 0.4) is 0 Å². The molecule has 0 radical (unpaired) electrons. The van der Waals surface area contributed by atoms with Gasteiger partial charge in [-0.1, -0.05) is 13.8 Å². The molecule has 1 heterocycles. The predicted molar refractivity (Wildman–Crippen MR) is 66.7 cm³/mol. The van der Waals surface area contributed by atoms with Crippen LogP contribution in [-0.4, -0.2) is 47.8 Å². The van der Waals surface area contributed by atoms with Gasteiger partial charge < -0.3 is 4.48 Å². The molecule has 0 N–H and O–H groups in total.